The van der Waals surface area contributed by atoms with Crippen LogP contribution in [0.1, 0.15) is 30.9 Å². The highest BCUT2D eigenvalue weighted by molar-refractivity contribution is 8.27. The van der Waals surface area contributed by atoms with Crippen molar-refractivity contribution < 1.29 is 23.5 Å². The highest BCUT2D eigenvalue weighted by atomic mass is 32.2. The van der Waals surface area contributed by atoms with Gasteiger partial charge in [0.1, 0.15) is 5.82 Å². The van der Waals surface area contributed by atoms with Gasteiger partial charge in [-0.3, -0.25) is 14.5 Å². The molecular weight excluding hydrogens is 511 g/mol. The number of halogens is 1. The van der Waals surface area contributed by atoms with Crippen LogP contribution in [0.15, 0.2) is 71.6 Å². The predicted molar refractivity (Wildman–Crippen MR) is 150 cm³/mol. The summed E-state index contributed by atoms with van der Waals surface area (Å²) in [4.78, 5) is 27.0. The van der Waals surface area contributed by atoms with Gasteiger partial charge in [-0.2, -0.15) is 0 Å². The Kier molecular flexibility index (Phi) is 8.25. The van der Waals surface area contributed by atoms with Gasteiger partial charge >= 0.3 is 0 Å². The molecular formula is C28H25FN2O4S2. The summed E-state index contributed by atoms with van der Waals surface area (Å²) in [6.45, 7) is 3.92. The lowest BCUT2D eigenvalue weighted by Crippen LogP contribution is -2.28. The van der Waals surface area contributed by atoms with Crippen LogP contribution in [0.2, 0.25) is 0 Å². The number of benzene rings is 3. The molecule has 0 aliphatic carbocycles. The summed E-state index contributed by atoms with van der Waals surface area (Å²) in [5, 5.41) is 2.89. The average molecular weight is 537 g/mol. The van der Waals surface area contributed by atoms with E-state index in [1.54, 1.807) is 36.4 Å². The zero-order valence-corrected chi connectivity index (χ0v) is 22.1. The Balaban J connectivity index is 1.46. The van der Waals surface area contributed by atoms with Crippen LogP contribution in [0, 0.1) is 5.82 Å². The predicted octanol–water partition coefficient (Wildman–Crippen LogP) is 6.38. The molecule has 1 N–H and O–H groups in total. The molecule has 0 aromatic heterocycles. The molecule has 190 valence electrons. The number of para-hydroxylation sites is 2. The van der Waals surface area contributed by atoms with Gasteiger partial charge in [-0.1, -0.05) is 74.2 Å². The van der Waals surface area contributed by atoms with Crippen molar-refractivity contribution in [2.75, 3.05) is 23.9 Å². The van der Waals surface area contributed by atoms with E-state index in [-0.39, 0.29) is 28.4 Å². The van der Waals surface area contributed by atoms with Gasteiger partial charge in [0, 0.05) is 5.69 Å². The van der Waals surface area contributed by atoms with Crippen LogP contribution in [0.3, 0.4) is 0 Å². The van der Waals surface area contributed by atoms with E-state index in [4.69, 9.17) is 21.7 Å². The summed E-state index contributed by atoms with van der Waals surface area (Å²) >= 11 is 6.42. The summed E-state index contributed by atoms with van der Waals surface area (Å²) in [5.41, 5.74) is 2.57. The topological polar surface area (TPSA) is 67.9 Å². The van der Waals surface area contributed by atoms with Crippen molar-refractivity contribution in [1.82, 2.24) is 0 Å². The first-order valence-corrected chi connectivity index (χ1v) is 12.7. The monoisotopic (exact) mass is 536 g/mol. The van der Waals surface area contributed by atoms with E-state index in [1.807, 2.05) is 24.3 Å². The fourth-order valence-electron chi connectivity index (χ4n) is 3.80. The highest BCUT2D eigenvalue weighted by Gasteiger charge is 2.34. The molecule has 1 heterocycles. The average Bonchev–Trinajstić information content (AvgIpc) is 3.15. The van der Waals surface area contributed by atoms with E-state index >= 15 is 0 Å². The Morgan fingerprint density at radius 1 is 1.11 bits per heavy atom. The maximum atomic E-state index is 14.3. The fourth-order valence-corrected chi connectivity index (χ4v) is 5.08. The summed E-state index contributed by atoms with van der Waals surface area (Å²) in [6, 6.07) is 18.7. The largest absolute Gasteiger partial charge is 0.493 e. The van der Waals surface area contributed by atoms with Crippen molar-refractivity contribution in [3.05, 3.63) is 88.6 Å². The van der Waals surface area contributed by atoms with E-state index in [0.29, 0.717) is 22.0 Å². The molecule has 1 aliphatic rings. The molecule has 0 saturated carbocycles. The molecule has 1 aliphatic heterocycles. The normalized spacial score (nSPS) is 14.4. The van der Waals surface area contributed by atoms with Crippen molar-refractivity contribution in [2.45, 2.75) is 19.8 Å². The van der Waals surface area contributed by atoms with Crippen LogP contribution in [0.5, 0.6) is 11.5 Å². The Morgan fingerprint density at radius 2 is 1.84 bits per heavy atom. The lowest BCUT2D eigenvalue weighted by atomic mass is 10.0. The minimum Gasteiger partial charge on any atom is -0.493 e. The number of thiocarbonyl (C=S) groups is 1. The summed E-state index contributed by atoms with van der Waals surface area (Å²) < 4.78 is 25.7. The number of hydrogen-bond donors (Lipinski definition) is 1. The van der Waals surface area contributed by atoms with Crippen LogP contribution in [0.4, 0.5) is 15.8 Å². The highest BCUT2D eigenvalue weighted by Crippen LogP contribution is 2.38. The van der Waals surface area contributed by atoms with Gasteiger partial charge < -0.3 is 14.8 Å². The van der Waals surface area contributed by atoms with E-state index in [2.05, 4.69) is 19.2 Å². The summed E-state index contributed by atoms with van der Waals surface area (Å²) in [6.07, 6.45) is 1.65. The molecule has 3 aromatic carbocycles. The molecule has 0 radical (unpaired) electrons. The number of nitrogens with zero attached hydrogens (tertiary/aromatic N) is 1. The smallest absolute Gasteiger partial charge is 0.270 e. The summed E-state index contributed by atoms with van der Waals surface area (Å²) in [5.74, 6) is -0.189. The number of amides is 2. The zero-order chi connectivity index (χ0) is 26.5. The number of ether oxygens (including phenoxy) is 2. The number of thioether (sulfide) groups is 1. The first-order chi connectivity index (χ1) is 17.8. The van der Waals surface area contributed by atoms with E-state index in [1.165, 1.54) is 24.1 Å². The van der Waals surface area contributed by atoms with Crippen LogP contribution < -0.4 is 19.7 Å². The molecule has 0 spiro atoms. The molecule has 6 nitrogen and oxygen atoms in total. The minimum absolute atomic E-state index is 0.115. The molecule has 2 amide bonds. The van der Waals surface area contributed by atoms with Crippen molar-refractivity contribution in [2.24, 2.45) is 0 Å². The molecule has 1 saturated heterocycles. The van der Waals surface area contributed by atoms with Crippen molar-refractivity contribution >= 4 is 57.6 Å². The van der Waals surface area contributed by atoms with Crippen LogP contribution in [0.25, 0.3) is 6.08 Å². The van der Waals surface area contributed by atoms with Crippen molar-refractivity contribution in [3.8, 4) is 11.5 Å². The second kappa shape index (κ2) is 11.6. The van der Waals surface area contributed by atoms with Gasteiger partial charge in [-0.05, 0) is 53.5 Å². The first-order valence-electron chi connectivity index (χ1n) is 11.5. The Bertz CT molecular complexity index is 1390. The molecule has 1 fully saturated rings. The zero-order valence-electron chi connectivity index (χ0n) is 20.5. The van der Waals surface area contributed by atoms with Crippen LogP contribution in [-0.2, 0) is 9.59 Å². The lowest BCUT2D eigenvalue weighted by Gasteiger charge is -2.15. The number of nitrogens with one attached hydrogen (secondary N) is 1. The number of carbonyl (C=O) groups excluding carboxylic acids is 2. The maximum absolute atomic E-state index is 14.3. The molecule has 4 rings (SSSR count). The van der Waals surface area contributed by atoms with Crippen LogP contribution >= 0.6 is 24.0 Å². The minimum atomic E-state index is -0.528. The first kappa shape index (κ1) is 26.4. The molecule has 0 unspecified atom stereocenters. The quantitative estimate of drug-likeness (QED) is 0.266. The lowest BCUT2D eigenvalue weighted by molar-refractivity contribution is -0.118. The maximum Gasteiger partial charge on any atom is 0.270 e. The second-order valence-electron chi connectivity index (χ2n) is 8.46. The Hall–Kier alpha value is -3.69. The Labute approximate surface area is 224 Å². The van der Waals surface area contributed by atoms with E-state index in [0.717, 1.165) is 23.0 Å². The third-order valence-corrected chi connectivity index (χ3v) is 6.89. The molecule has 37 heavy (non-hydrogen) atoms. The molecule has 0 atom stereocenters. The van der Waals surface area contributed by atoms with E-state index < -0.39 is 11.7 Å². The fraction of sp³-hybridized carbons (Fsp3) is 0.179. The molecule has 9 heteroatoms. The van der Waals surface area contributed by atoms with Gasteiger partial charge in [0.15, 0.2) is 22.4 Å². The van der Waals surface area contributed by atoms with Gasteiger partial charge in [-0.15, -0.1) is 0 Å². The SMILES string of the molecule is COc1cc(/C=C2/SC(=S)N(c3ccccc3F)C2=O)ccc1OCC(=O)Nc1ccccc1C(C)C. The third kappa shape index (κ3) is 6.00. The summed E-state index contributed by atoms with van der Waals surface area (Å²) in [7, 11) is 1.49. The third-order valence-electron chi connectivity index (χ3n) is 5.59. The number of methoxy groups -OCH3 is 1. The number of rotatable bonds is 8. The van der Waals surface area contributed by atoms with Gasteiger partial charge in [-0.25, -0.2) is 4.39 Å². The molecule has 3 aromatic rings. The number of hydrogen-bond acceptors (Lipinski definition) is 6. The standard InChI is InChI=1S/C28H25FN2O4S2/c1-17(2)19-8-4-6-10-21(19)30-26(32)16-35-23-13-12-18(14-24(23)34-3)15-25-27(33)31(28(36)37-25)22-11-7-5-9-20(22)29/h4-15,17H,16H2,1-3H3,(H,30,32)/b25-15+. The van der Waals surface area contributed by atoms with Crippen molar-refractivity contribution in [1.29, 1.82) is 0 Å². The second-order valence-corrected chi connectivity index (χ2v) is 10.1. The molecule has 0 bridgehead atoms. The van der Waals surface area contributed by atoms with E-state index in [9.17, 15) is 14.0 Å². The van der Waals surface area contributed by atoms with Crippen LogP contribution in [-0.4, -0.2) is 29.9 Å². The van der Waals surface area contributed by atoms with Crippen molar-refractivity contribution in [3.63, 3.8) is 0 Å². The number of carbonyl (C=O) groups is 2. The van der Waals surface area contributed by atoms with Gasteiger partial charge in [0.2, 0.25) is 0 Å². The van der Waals surface area contributed by atoms with Gasteiger partial charge in [0.05, 0.1) is 17.7 Å². The number of anilines is 2. The van der Waals surface area contributed by atoms with Gasteiger partial charge in [0.25, 0.3) is 11.8 Å². The Morgan fingerprint density at radius 3 is 2.57 bits per heavy atom.